The van der Waals surface area contributed by atoms with Crippen LogP contribution in [-0.2, 0) is 4.79 Å². The number of pyridine rings is 1. The number of hydrogen-bond donors (Lipinski definition) is 3. The molecule has 1 saturated carbocycles. The normalized spacial score (nSPS) is 14.5. The third-order valence-electron chi connectivity index (χ3n) is 6.23. The van der Waals surface area contributed by atoms with Crippen LogP contribution in [0.15, 0.2) is 42.7 Å². The predicted molar refractivity (Wildman–Crippen MR) is 135 cm³/mol. The second-order valence-corrected chi connectivity index (χ2v) is 9.55. The van der Waals surface area contributed by atoms with Gasteiger partial charge in [-0.05, 0) is 73.1 Å². The zero-order valence-corrected chi connectivity index (χ0v) is 20.5. The van der Waals surface area contributed by atoms with Gasteiger partial charge in [-0.3, -0.25) is 24.3 Å². The minimum Gasteiger partial charge on any atom is -0.395 e. The second kappa shape index (κ2) is 10.2. The molecule has 1 aliphatic carbocycles. The molecule has 1 aliphatic rings. The Bertz CT molecular complexity index is 1250. The molecule has 5 N–H and O–H groups in total. The maximum atomic E-state index is 14.1. The quantitative estimate of drug-likeness (QED) is 0.462. The van der Waals surface area contributed by atoms with Crippen molar-refractivity contribution < 1.29 is 14.4 Å². The standard InChI is InChI=1S/C25H28N6O3S/c1-14-7-8-15(2)18(13-14)31(25(34)22-19(26)20(23(27)32)30-35-22)21(16-9-11-28-12-10-16)24(33)29-17-5-3-4-6-17/h7-13,17,21H,3-6,26H2,1-2H3,(H2,27,32)(H,29,33). The molecule has 0 radical (unpaired) electrons. The summed E-state index contributed by atoms with van der Waals surface area (Å²) in [5.74, 6) is -1.65. The van der Waals surface area contributed by atoms with Crippen molar-refractivity contribution in [2.75, 3.05) is 10.6 Å². The number of rotatable bonds is 7. The van der Waals surface area contributed by atoms with E-state index in [-0.39, 0.29) is 28.2 Å². The maximum Gasteiger partial charge on any atom is 0.273 e. The Labute approximate surface area is 207 Å². The van der Waals surface area contributed by atoms with Gasteiger partial charge in [-0.25, -0.2) is 0 Å². The van der Waals surface area contributed by atoms with Crippen molar-refractivity contribution in [3.8, 4) is 0 Å². The van der Waals surface area contributed by atoms with Crippen molar-refractivity contribution in [2.45, 2.75) is 51.6 Å². The number of amides is 3. The predicted octanol–water partition coefficient (Wildman–Crippen LogP) is 3.28. The van der Waals surface area contributed by atoms with Gasteiger partial charge in [0.2, 0.25) is 5.91 Å². The lowest BCUT2D eigenvalue weighted by molar-refractivity contribution is -0.123. The van der Waals surface area contributed by atoms with Gasteiger partial charge in [0, 0.05) is 24.1 Å². The zero-order chi connectivity index (χ0) is 25.1. The van der Waals surface area contributed by atoms with E-state index in [1.165, 1.54) is 4.90 Å². The summed E-state index contributed by atoms with van der Waals surface area (Å²) in [5, 5.41) is 3.14. The van der Waals surface area contributed by atoms with Gasteiger partial charge >= 0.3 is 0 Å². The average molecular weight is 493 g/mol. The number of aryl methyl sites for hydroxylation is 2. The number of nitrogens with one attached hydrogen (secondary N) is 1. The van der Waals surface area contributed by atoms with E-state index in [0.717, 1.165) is 48.3 Å². The fraction of sp³-hybridized carbons (Fsp3) is 0.320. The summed E-state index contributed by atoms with van der Waals surface area (Å²) in [6, 6.07) is 8.19. The Morgan fingerprint density at radius 3 is 2.43 bits per heavy atom. The number of primary amides is 1. The summed E-state index contributed by atoms with van der Waals surface area (Å²) in [5.41, 5.74) is 14.1. The van der Waals surface area contributed by atoms with Gasteiger partial charge in [0.05, 0.1) is 5.69 Å². The number of anilines is 2. The number of benzene rings is 1. The van der Waals surface area contributed by atoms with Crippen LogP contribution in [0.2, 0.25) is 0 Å². The highest BCUT2D eigenvalue weighted by molar-refractivity contribution is 7.09. The van der Waals surface area contributed by atoms with Crippen molar-refractivity contribution >= 4 is 40.6 Å². The largest absolute Gasteiger partial charge is 0.395 e. The Morgan fingerprint density at radius 2 is 1.80 bits per heavy atom. The van der Waals surface area contributed by atoms with Crippen LogP contribution in [0.3, 0.4) is 0 Å². The van der Waals surface area contributed by atoms with Crippen molar-refractivity contribution in [1.29, 1.82) is 0 Å². The van der Waals surface area contributed by atoms with E-state index < -0.39 is 17.9 Å². The van der Waals surface area contributed by atoms with Crippen LogP contribution in [0.4, 0.5) is 11.4 Å². The molecule has 3 amide bonds. The van der Waals surface area contributed by atoms with E-state index in [9.17, 15) is 14.4 Å². The van der Waals surface area contributed by atoms with Crippen molar-refractivity contribution in [1.82, 2.24) is 14.7 Å². The van der Waals surface area contributed by atoms with E-state index in [2.05, 4.69) is 14.7 Å². The molecule has 0 saturated heterocycles. The monoisotopic (exact) mass is 492 g/mol. The van der Waals surface area contributed by atoms with Gasteiger partial charge in [0.25, 0.3) is 11.8 Å². The molecule has 1 aromatic carbocycles. The van der Waals surface area contributed by atoms with E-state index in [4.69, 9.17) is 11.5 Å². The van der Waals surface area contributed by atoms with Crippen LogP contribution >= 0.6 is 11.5 Å². The van der Waals surface area contributed by atoms with Crippen molar-refractivity contribution in [3.05, 3.63) is 70.0 Å². The second-order valence-electron chi connectivity index (χ2n) is 8.78. The highest BCUT2D eigenvalue weighted by atomic mass is 32.1. The lowest BCUT2D eigenvalue weighted by Crippen LogP contribution is -2.46. The highest BCUT2D eigenvalue weighted by Crippen LogP contribution is 2.35. The minimum absolute atomic E-state index is 0.0485. The number of nitrogen functional groups attached to an aromatic ring is 1. The Hall–Kier alpha value is -3.79. The topological polar surface area (TPSA) is 144 Å². The van der Waals surface area contributed by atoms with Crippen LogP contribution in [0.5, 0.6) is 0 Å². The minimum atomic E-state index is -0.995. The molecule has 1 fully saturated rings. The summed E-state index contributed by atoms with van der Waals surface area (Å²) in [7, 11) is 0. The number of nitrogens with zero attached hydrogens (tertiary/aromatic N) is 3. The molecule has 0 spiro atoms. The Balaban J connectivity index is 1.88. The maximum absolute atomic E-state index is 14.1. The molecule has 3 aromatic rings. The van der Waals surface area contributed by atoms with Crippen LogP contribution in [0.25, 0.3) is 0 Å². The molecule has 9 nitrogen and oxygen atoms in total. The molecular weight excluding hydrogens is 464 g/mol. The van der Waals surface area contributed by atoms with Gasteiger partial charge < -0.3 is 16.8 Å². The molecule has 2 aromatic heterocycles. The first kappa shape index (κ1) is 24.3. The summed E-state index contributed by atoms with van der Waals surface area (Å²) in [6.07, 6.45) is 7.08. The molecule has 182 valence electrons. The molecule has 4 rings (SSSR count). The van der Waals surface area contributed by atoms with E-state index >= 15 is 0 Å². The fourth-order valence-electron chi connectivity index (χ4n) is 4.40. The van der Waals surface area contributed by atoms with Gasteiger partial charge in [-0.1, -0.05) is 25.0 Å². The lowest BCUT2D eigenvalue weighted by Gasteiger charge is -2.33. The lowest BCUT2D eigenvalue weighted by atomic mass is 10.0. The third-order valence-corrected chi connectivity index (χ3v) is 7.08. The molecule has 0 aliphatic heterocycles. The molecular formula is C25H28N6O3S. The number of aromatic nitrogens is 2. The van der Waals surface area contributed by atoms with Crippen LogP contribution < -0.4 is 21.7 Å². The fourth-order valence-corrected chi connectivity index (χ4v) is 5.14. The summed E-state index contributed by atoms with van der Waals surface area (Å²) in [6.45, 7) is 3.79. The SMILES string of the molecule is Cc1ccc(C)c(N(C(=O)c2snc(C(N)=O)c2N)C(C(=O)NC2CCCC2)c2ccncc2)c1. The zero-order valence-electron chi connectivity index (χ0n) is 19.7. The average Bonchev–Trinajstić information content (AvgIpc) is 3.48. The smallest absolute Gasteiger partial charge is 0.273 e. The van der Waals surface area contributed by atoms with E-state index in [1.54, 1.807) is 24.5 Å². The van der Waals surface area contributed by atoms with Crippen molar-refractivity contribution in [2.24, 2.45) is 5.73 Å². The summed E-state index contributed by atoms with van der Waals surface area (Å²) in [4.78, 5) is 45.2. The number of hydrogen-bond acceptors (Lipinski definition) is 7. The summed E-state index contributed by atoms with van der Waals surface area (Å²) >= 11 is 0.792. The van der Waals surface area contributed by atoms with Gasteiger partial charge in [0.15, 0.2) is 5.69 Å². The number of carbonyl (C=O) groups excluding carboxylic acids is 3. The Morgan fingerprint density at radius 1 is 1.11 bits per heavy atom. The van der Waals surface area contributed by atoms with Crippen molar-refractivity contribution in [3.63, 3.8) is 0 Å². The molecule has 2 heterocycles. The van der Waals surface area contributed by atoms with Gasteiger partial charge in [-0.2, -0.15) is 4.37 Å². The summed E-state index contributed by atoms with van der Waals surface area (Å²) < 4.78 is 4.00. The molecule has 10 heteroatoms. The van der Waals surface area contributed by atoms with Gasteiger partial charge in [-0.15, -0.1) is 0 Å². The highest BCUT2D eigenvalue weighted by Gasteiger charge is 2.37. The molecule has 0 bridgehead atoms. The molecule has 35 heavy (non-hydrogen) atoms. The first-order valence-corrected chi connectivity index (χ1v) is 12.2. The first-order valence-electron chi connectivity index (χ1n) is 11.4. The number of carbonyl (C=O) groups is 3. The third kappa shape index (κ3) is 5.02. The van der Waals surface area contributed by atoms with Gasteiger partial charge in [0.1, 0.15) is 10.9 Å². The van der Waals surface area contributed by atoms with E-state index in [1.807, 2.05) is 32.0 Å². The number of nitrogens with two attached hydrogens (primary N) is 2. The molecule has 1 atom stereocenters. The first-order chi connectivity index (χ1) is 16.8. The van der Waals surface area contributed by atoms with E-state index in [0.29, 0.717) is 11.3 Å². The molecule has 1 unspecified atom stereocenters. The van der Waals surface area contributed by atoms with Crippen LogP contribution in [0, 0.1) is 13.8 Å². The van der Waals surface area contributed by atoms with Crippen LogP contribution in [0.1, 0.15) is 68.6 Å². The Kier molecular flexibility index (Phi) is 7.11. The van der Waals surface area contributed by atoms with Crippen LogP contribution in [-0.4, -0.2) is 33.1 Å².